The number of aliphatic hydroxyl groups excluding tert-OH is 1. The second-order valence-electron chi connectivity index (χ2n) is 5.25. The van der Waals surface area contributed by atoms with Gasteiger partial charge in [-0.2, -0.15) is 0 Å². The summed E-state index contributed by atoms with van der Waals surface area (Å²) >= 11 is 0. The smallest absolute Gasteiger partial charge is 0.237 e. The molecule has 0 aliphatic carbocycles. The highest BCUT2D eigenvalue weighted by Crippen LogP contribution is 2.02. The number of amides is 1. The Morgan fingerprint density at radius 2 is 1.94 bits per heavy atom. The third-order valence-corrected chi connectivity index (χ3v) is 2.35. The predicted molar refractivity (Wildman–Crippen MR) is 66.3 cm³/mol. The lowest BCUT2D eigenvalue weighted by Gasteiger charge is -2.26. The predicted octanol–water partition coefficient (Wildman–Crippen LogP) is 1.04. The van der Waals surface area contributed by atoms with E-state index < -0.39 is 0 Å². The molecule has 2 unspecified atom stereocenters. The molecule has 0 aromatic carbocycles. The van der Waals surface area contributed by atoms with Crippen molar-refractivity contribution in [2.75, 3.05) is 6.61 Å². The Morgan fingerprint density at radius 1 is 1.38 bits per heavy atom. The fourth-order valence-corrected chi connectivity index (χ4v) is 1.47. The molecule has 3 N–H and O–H groups in total. The zero-order valence-electron chi connectivity index (χ0n) is 11.1. The molecule has 1 amide bonds. The molecule has 0 saturated heterocycles. The van der Waals surface area contributed by atoms with Crippen LogP contribution in [0.1, 0.15) is 47.5 Å². The van der Waals surface area contributed by atoms with E-state index in [9.17, 15) is 4.79 Å². The van der Waals surface area contributed by atoms with E-state index in [1.807, 2.05) is 34.6 Å². The molecule has 0 heterocycles. The molecule has 0 aromatic rings. The molecule has 2 atom stereocenters. The van der Waals surface area contributed by atoms with Crippen molar-refractivity contribution < 1.29 is 9.90 Å². The van der Waals surface area contributed by atoms with E-state index in [2.05, 4.69) is 10.6 Å². The molecular weight excluding hydrogens is 204 g/mol. The van der Waals surface area contributed by atoms with E-state index in [1.165, 1.54) is 0 Å². The summed E-state index contributed by atoms with van der Waals surface area (Å²) in [4.78, 5) is 11.8. The molecule has 0 aliphatic heterocycles. The quantitative estimate of drug-likeness (QED) is 0.639. The van der Waals surface area contributed by atoms with Crippen LogP contribution in [0.15, 0.2) is 0 Å². The lowest BCUT2D eigenvalue weighted by molar-refractivity contribution is -0.124. The van der Waals surface area contributed by atoms with Gasteiger partial charge in [-0.3, -0.25) is 4.79 Å². The Bertz CT molecular complexity index is 212. The second kappa shape index (κ2) is 6.86. The molecule has 0 aromatic heterocycles. The molecule has 0 saturated carbocycles. The SMILES string of the molecule is CCC(CCO)NC(C)C(=O)NC(C)(C)C. The lowest BCUT2D eigenvalue weighted by Crippen LogP contribution is -2.51. The normalized spacial score (nSPS) is 15.6. The largest absolute Gasteiger partial charge is 0.396 e. The summed E-state index contributed by atoms with van der Waals surface area (Å²) in [5.41, 5.74) is -0.203. The molecule has 16 heavy (non-hydrogen) atoms. The Labute approximate surface area is 98.8 Å². The summed E-state index contributed by atoms with van der Waals surface area (Å²) in [5.74, 6) is 0.00360. The van der Waals surface area contributed by atoms with E-state index in [1.54, 1.807) is 0 Å². The van der Waals surface area contributed by atoms with Crippen LogP contribution in [0.3, 0.4) is 0 Å². The van der Waals surface area contributed by atoms with Crippen LogP contribution >= 0.6 is 0 Å². The van der Waals surface area contributed by atoms with Crippen molar-refractivity contribution in [2.24, 2.45) is 0 Å². The number of carbonyl (C=O) groups is 1. The van der Waals surface area contributed by atoms with Crippen LogP contribution in [-0.2, 0) is 4.79 Å². The number of hydrogen-bond donors (Lipinski definition) is 3. The first-order valence-corrected chi connectivity index (χ1v) is 5.99. The third kappa shape index (κ3) is 6.80. The molecule has 96 valence electrons. The van der Waals surface area contributed by atoms with Gasteiger partial charge in [-0.15, -0.1) is 0 Å². The van der Waals surface area contributed by atoms with E-state index in [0.717, 1.165) is 6.42 Å². The van der Waals surface area contributed by atoms with Gasteiger partial charge in [-0.1, -0.05) is 6.92 Å². The maximum absolute atomic E-state index is 11.8. The monoisotopic (exact) mass is 230 g/mol. The first-order chi connectivity index (χ1) is 7.30. The third-order valence-electron chi connectivity index (χ3n) is 2.35. The second-order valence-corrected chi connectivity index (χ2v) is 5.25. The van der Waals surface area contributed by atoms with Crippen molar-refractivity contribution >= 4 is 5.91 Å². The van der Waals surface area contributed by atoms with Crippen LogP contribution in [0.5, 0.6) is 0 Å². The van der Waals surface area contributed by atoms with Crippen molar-refractivity contribution in [3.8, 4) is 0 Å². The fraction of sp³-hybridized carbons (Fsp3) is 0.917. The summed E-state index contributed by atoms with van der Waals surface area (Å²) in [5, 5.41) is 15.0. The van der Waals surface area contributed by atoms with E-state index >= 15 is 0 Å². The highest BCUT2D eigenvalue weighted by molar-refractivity contribution is 5.81. The van der Waals surface area contributed by atoms with Crippen molar-refractivity contribution in [2.45, 2.75) is 65.1 Å². The Kier molecular flexibility index (Phi) is 6.60. The van der Waals surface area contributed by atoms with Gasteiger partial charge in [0.2, 0.25) is 5.91 Å². The average Bonchev–Trinajstić information content (AvgIpc) is 2.14. The maximum Gasteiger partial charge on any atom is 0.237 e. The van der Waals surface area contributed by atoms with Gasteiger partial charge in [0.25, 0.3) is 0 Å². The Morgan fingerprint density at radius 3 is 2.31 bits per heavy atom. The summed E-state index contributed by atoms with van der Waals surface area (Å²) in [6.45, 7) is 9.93. The van der Waals surface area contributed by atoms with E-state index in [0.29, 0.717) is 6.42 Å². The zero-order valence-corrected chi connectivity index (χ0v) is 11.1. The van der Waals surface area contributed by atoms with Gasteiger partial charge in [0.1, 0.15) is 0 Å². The van der Waals surface area contributed by atoms with Crippen LogP contribution in [0, 0.1) is 0 Å². The van der Waals surface area contributed by atoms with Crippen LogP contribution in [0.25, 0.3) is 0 Å². The minimum Gasteiger partial charge on any atom is -0.396 e. The molecule has 0 rings (SSSR count). The van der Waals surface area contributed by atoms with Crippen molar-refractivity contribution in [3.63, 3.8) is 0 Å². The van der Waals surface area contributed by atoms with Crippen LogP contribution in [0.2, 0.25) is 0 Å². The number of carbonyl (C=O) groups excluding carboxylic acids is 1. The first kappa shape index (κ1) is 15.4. The highest BCUT2D eigenvalue weighted by atomic mass is 16.3. The van der Waals surface area contributed by atoms with Crippen molar-refractivity contribution in [1.29, 1.82) is 0 Å². The number of aliphatic hydroxyl groups is 1. The molecule has 0 bridgehead atoms. The molecule has 4 nitrogen and oxygen atoms in total. The minimum absolute atomic E-state index is 0.00360. The Balaban J connectivity index is 4.13. The van der Waals surface area contributed by atoms with Crippen LogP contribution in [0.4, 0.5) is 0 Å². The molecule has 0 radical (unpaired) electrons. The zero-order chi connectivity index (χ0) is 12.8. The minimum atomic E-state index is -0.226. The Hall–Kier alpha value is -0.610. The first-order valence-electron chi connectivity index (χ1n) is 5.99. The topological polar surface area (TPSA) is 61.4 Å². The fourth-order valence-electron chi connectivity index (χ4n) is 1.47. The standard InChI is InChI=1S/C12H26N2O2/c1-6-10(7-8-15)13-9(2)11(16)14-12(3,4)5/h9-10,13,15H,6-8H2,1-5H3,(H,14,16). The van der Waals surface area contributed by atoms with E-state index in [4.69, 9.17) is 5.11 Å². The van der Waals surface area contributed by atoms with Gasteiger partial charge in [0.15, 0.2) is 0 Å². The van der Waals surface area contributed by atoms with Crippen molar-refractivity contribution in [3.05, 3.63) is 0 Å². The molecule has 0 spiro atoms. The number of hydrogen-bond acceptors (Lipinski definition) is 3. The van der Waals surface area contributed by atoms with Gasteiger partial charge in [-0.05, 0) is 40.5 Å². The molecule has 0 aliphatic rings. The van der Waals surface area contributed by atoms with Crippen molar-refractivity contribution in [1.82, 2.24) is 10.6 Å². The highest BCUT2D eigenvalue weighted by Gasteiger charge is 2.20. The van der Waals surface area contributed by atoms with E-state index in [-0.39, 0.29) is 30.1 Å². The number of nitrogens with one attached hydrogen (secondary N) is 2. The van der Waals surface area contributed by atoms with Gasteiger partial charge in [-0.25, -0.2) is 0 Å². The van der Waals surface area contributed by atoms with Gasteiger partial charge in [0, 0.05) is 18.2 Å². The molecule has 4 heteroatoms. The van der Waals surface area contributed by atoms with Gasteiger partial charge in [0.05, 0.1) is 6.04 Å². The summed E-state index contributed by atoms with van der Waals surface area (Å²) < 4.78 is 0. The maximum atomic E-state index is 11.8. The van der Waals surface area contributed by atoms with Gasteiger partial charge < -0.3 is 15.7 Å². The van der Waals surface area contributed by atoms with Crippen LogP contribution < -0.4 is 10.6 Å². The molecular formula is C12H26N2O2. The van der Waals surface area contributed by atoms with Gasteiger partial charge >= 0.3 is 0 Å². The number of rotatable bonds is 6. The average molecular weight is 230 g/mol. The molecule has 0 fully saturated rings. The summed E-state index contributed by atoms with van der Waals surface area (Å²) in [6, 6.07) is -0.0264. The van der Waals surface area contributed by atoms with Crippen LogP contribution in [-0.4, -0.2) is 35.2 Å². The summed E-state index contributed by atoms with van der Waals surface area (Å²) in [6.07, 6.45) is 1.59. The lowest BCUT2D eigenvalue weighted by atomic mass is 10.1. The summed E-state index contributed by atoms with van der Waals surface area (Å²) in [7, 11) is 0.